The molecule has 1 unspecified atom stereocenters. The molecule has 0 saturated heterocycles. The van der Waals surface area contributed by atoms with Gasteiger partial charge in [-0.3, -0.25) is 10.1 Å². The minimum atomic E-state index is -0.704. The number of hydrogen-bond donors (Lipinski definition) is 2. The molecule has 1 rings (SSSR count). The van der Waals surface area contributed by atoms with Crippen LogP contribution in [-0.4, -0.2) is 23.2 Å². The van der Waals surface area contributed by atoms with Crippen LogP contribution in [0, 0.1) is 21.8 Å². The van der Waals surface area contributed by atoms with Crippen LogP contribution in [0.25, 0.3) is 0 Å². The van der Waals surface area contributed by atoms with Gasteiger partial charge in [-0.05, 0) is 12.3 Å². The minimum Gasteiger partial charge on any atom is -0.396 e. The molecule has 1 aromatic rings. The Labute approximate surface area is 115 Å². The number of aliphatic hydroxyl groups excluding tert-OH is 1. The third-order valence-corrected chi connectivity index (χ3v) is 3.22. The third kappa shape index (κ3) is 4.33. The second-order valence-corrected chi connectivity index (χ2v) is 4.62. The van der Waals surface area contributed by atoms with Crippen LogP contribution < -0.4 is 5.32 Å². The van der Waals surface area contributed by atoms with Crippen LogP contribution in [0.2, 0.25) is 5.02 Å². The molecular weight excluding hydrogens is 275 g/mol. The lowest BCUT2D eigenvalue weighted by molar-refractivity contribution is -0.384. The molecule has 0 fully saturated rings. The average Bonchev–Trinajstić information content (AvgIpc) is 2.37. The van der Waals surface area contributed by atoms with E-state index in [2.05, 4.69) is 5.32 Å². The Morgan fingerprint density at radius 1 is 1.58 bits per heavy atom. The van der Waals surface area contributed by atoms with Gasteiger partial charge in [0.15, 0.2) is 0 Å². The Morgan fingerprint density at radius 3 is 2.79 bits per heavy atom. The first-order valence-electron chi connectivity index (χ1n) is 5.97. The number of nitrogens with one attached hydrogen (secondary N) is 1. The molecule has 0 aliphatic rings. The van der Waals surface area contributed by atoms with E-state index >= 15 is 0 Å². The number of halogens is 2. The summed E-state index contributed by atoms with van der Waals surface area (Å²) in [7, 11) is 0. The Kier molecular flexibility index (Phi) is 5.98. The Hall–Kier alpha value is -1.40. The van der Waals surface area contributed by atoms with Crippen molar-refractivity contribution in [3.05, 3.63) is 33.1 Å². The lowest BCUT2D eigenvalue weighted by atomic mass is 10.0. The molecule has 1 aromatic carbocycles. The molecule has 0 radical (unpaired) electrons. The smallest absolute Gasteiger partial charge is 0.294 e. The van der Waals surface area contributed by atoms with Gasteiger partial charge in [-0.15, -0.1) is 0 Å². The quantitative estimate of drug-likeness (QED) is 0.597. The fourth-order valence-corrected chi connectivity index (χ4v) is 1.87. The van der Waals surface area contributed by atoms with Gasteiger partial charge in [-0.25, -0.2) is 4.39 Å². The van der Waals surface area contributed by atoms with E-state index in [0.29, 0.717) is 13.0 Å². The van der Waals surface area contributed by atoms with Crippen LogP contribution in [0.5, 0.6) is 0 Å². The van der Waals surface area contributed by atoms with Gasteiger partial charge in [0, 0.05) is 25.3 Å². The van der Waals surface area contributed by atoms with E-state index in [1.807, 2.05) is 6.92 Å². The van der Waals surface area contributed by atoms with Gasteiger partial charge in [-0.1, -0.05) is 24.9 Å². The normalized spacial score (nSPS) is 12.2. The standard InChI is InChI=1S/C12H16ClFN2O3/c1-2-8(3-4-17)7-15-11-6-10(14)9(13)5-12(11)16(18)19/h5-6,8,15,17H,2-4,7H2,1H3. The van der Waals surface area contributed by atoms with Gasteiger partial charge >= 0.3 is 0 Å². The highest BCUT2D eigenvalue weighted by Crippen LogP contribution is 2.30. The number of nitro groups is 1. The van der Waals surface area contributed by atoms with Gasteiger partial charge < -0.3 is 10.4 Å². The first-order valence-corrected chi connectivity index (χ1v) is 6.35. The van der Waals surface area contributed by atoms with Gasteiger partial charge in [0.25, 0.3) is 5.69 Å². The summed E-state index contributed by atoms with van der Waals surface area (Å²) < 4.78 is 13.3. The maximum atomic E-state index is 13.3. The summed E-state index contributed by atoms with van der Waals surface area (Å²) in [6, 6.07) is 2.01. The average molecular weight is 291 g/mol. The zero-order chi connectivity index (χ0) is 14.4. The van der Waals surface area contributed by atoms with Crippen molar-refractivity contribution in [2.24, 2.45) is 5.92 Å². The van der Waals surface area contributed by atoms with Gasteiger partial charge in [-0.2, -0.15) is 0 Å². The Balaban J connectivity index is 2.87. The molecule has 5 nitrogen and oxygen atoms in total. The largest absolute Gasteiger partial charge is 0.396 e. The summed E-state index contributed by atoms with van der Waals surface area (Å²) in [5, 5.41) is 22.3. The molecule has 0 heterocycles. The van der Waals surface area contributed by atoms with E-state index in [4.69, 9.17) is 16.7 Å². The van der Waals surface area contributed by atoms with Crippen LogP contribution in [0.1, 0.15) is 19.8 Å². The van der Waals surface area contributed by atoms with E-state index < -0.39 is 10.7 Å². The molecule has 106 valence electrons. The lowest BCUT2D eigenvalue weighted by Crippen LogP contribution is -2.15. The van der Waals surface area contributed by atoms with Crippen LogP contribution in [0.4, 0.5) is 15.8 Å². The lowest BCUT2D eigenvalue weighted by Gasteiger charge is -2.15. The fraction of sp³-hybridized carbons (Fsp3) is 0.500. The van der Waals surface area contributed by atoms with Crippen molar-refractivity contribution in [1.29, 1.82) is 0 Å². The van der Waals surface area contributed by atoms with Crippen molar-refractivity contribution in [3.63, 3.8) is 0 Å². The number of anilines is 1. The highest BCUT2D eigenvalue weighted by atomic mass is 35.5. The maximum Gasteiger partial charge on any atom is 0.294 e. The Morgan fingerprint density at radius 2 is 2.26 bits per heavy atom. The number of nitrogens with zero attached hydrogens (tertiary/aromatic N) is 1. The molecule has 0 aliphatic heterocycles. The molecule has 0 bridgehead atoms. The number of benzene rings is 1. The minimum absolute atomic E-state index is 0.0528. The van der Waals surface area contributed by atoms with E-state index in [1.54, 1.807) is 0 Å². The summed E-state index contributed by atoms with van der Waals surface area (Å²) in [5.74, 6) is -0.534. The van der Waals surface area contributed by atoms with Crippen LogP contribution in [0.15, 0.2) is 12.1 Å². The van der Waals surface area contributed by atoms with E-state index in [1.165, 1.54) is 0 Å². The molecule has 0 aromatic heterocycles. The molecule has 0 aliphatic carbocycles. The van der Waals surface area contributed by atoms with Crippen molar-refractivity contribution < 1.29 is 14.4 Å². The number of rotatable bonds is 7. The van der Waals surface area contributed by atoms with Gasteiger partial charge in [0.2, 0.25) is 0 Å². The fourth-order valence-electron chi connectivity index (χ4n) is 1.72. The first-order chi connectivity index (χ1) is 8.99. The molecule has 0 amide bonds. The van der Waals surface area contributed by atoms with E-state index in [0.717, 1.165) is 18.6 Å². The molecular formula is C12H16ClFN2O3. The highest BCUT2D eigenvalue weighted by Gasteiger charge is 2.18. The summed E-state index contributed by atoms with van der Waals surface area (Å²) in [4.78, 5) is 10.3. The monoisotopic (exact) mass is 290 g/mol. The van der Waals surface area contributed by atoms with Crippen molar-refractivity contribution in [1.82, 2.24) is 0 Å². The van der Waals surface area contributed by atoms with E-state index in [9.17, 15) is 14.5 Å². The van der Waals surface area contributed by atoms with E-state index in [-0.39, 0.29) is 28.9 Å². The molecule has 0 saturated carbocycles. The van der Waals surface area contributed by atoms with Crippen LogP contribution in [-0.2, 0) is 0 Å². The summed E-state index contributed by atoms with van der Waals surface area (Å²) >= 11 is 5.53. The molecule has 1 atom stereocenters. The van der Waals surface area contributed by atoms with Crippen molar-refractivity contribution in [3.8, 4) is 0 Å². The molecule has 7 heteroatoms. The summed E-state index contributed by atoms with van der Waals surface area (Å²) in [6.07, 6.45) is 1.41. The number of nitro benzene ring substituents is 1. The molecule has 0 spiro atoms. The highest BCUT2D eigenvalue weighted by molar-refractivity contribution is 6.31. The zero-order valence-electron chi connectivity index (χ0n) is 10.5. The molecule has 2 N–H and O–H groups in total. The second kappa shape index (κ2) is 7.25. The van der Waals surface area contributed by atoms with Crippen LogP contribution in [0.3, 0.4) is 0 Å². The summed E-state index contributed by atoms with van der Waals surface area (Å²) in [5.41, 5.74) is -0.159. The SMILES string of the molecule is CCC(CCO)CNc1cc(F)c(Cl)cc1[N+](=O)[O-]. The Bertz CT molecular complexity index is 457. The summed E-state index contributed by atoms with van der Waals surface area (Å²) in [6.45, 7) is 2.44. The zero-order valence-corrected chi connectivity index (χ0v) is 11.3. The maximum absolute atomic E-state index is 13.3. The van der Waals surface area contributed by atoms with Crippen molar-refractivity contribution in [2.45, 2.75) is 19.8 Å². The third-order valence-electron chi connectivity index (χ3n) is 2.93. The number of aliphatic hydroxyl groups is 1. The van der Waals surface area contributed by atoms with Gasteiger partial charge in [0.05, 0.1) is 9.95 Å². The second-order valence-electron chi connectivity index (χ2n) is 4.21. The topological polar surface area (TPSA) is 75.4 Å². The molecule has 19 heavy (non-hydrogen) atoms. The van der Waals surface area contributed by atoms with Gasteiger partial charge in [0.1, 0.15) is 11.5 Å². The number of hydrogen-bond acceptors (Lipinski definition) is 4. The predicted octanol–water partition coefficient (Wildman–Crippen LogP) is 3.21. The first kappa shape index (κ1) is 15.7. The predicted molar refractivity (Wildman–Crippen MR) is 72.0 cm³/mol. The van der Waals surface area contributed by atoms with Crippen molar-refractivity contribution in [2.75, 3.05) is 18.5 Å². The van der Waals surface area contributed by atoms with Crippen LogP contribution >= 0.6 is 11.6 Å². The van der Waals surface area contributed by atoms with Crippen molar-refractivity contribution >= 4 is 23.0 Å².